The standard InChI is InChI=1S/C24H24N2O5/c1-17(27)26-21(24(29)31-16-19-10-6-3-7-11-19)14-20-22(12-13-25-23(20)28)30-15-18-8-4-2-5-9-18/h2-13,21H,14-16H2,1H3,(H,25,28)(H,26,27)/t21-/m0/s1. The summed E-state index contributed by atoms with van der Waals surface area (Å²) >= 11 is 0. The van der Waals surface area contributed by atoms with Crippen molar-refractivity contribution in [2.75, 3.05) is 0 Å². The number of hydrogen-bond donors (Lipinski definition) is 2. The Hall–Kier alpha value is -3.87. The molecule has 0 radical (unpaired) electrons. The highest BCUT2D eigenvalue weighted by Crippen LogP contribution is 2.18. The molecular weight excluding hydrogens is 396 g/mol. The molecule has 31 heavy (non-hydrogen) atoms. The second-order valence-electron chi connectivity index (χ2n) is 6.97. The number of ether oxygens (including phenoxy) is 2. The van der Waals surface area contributed by atoms with E-state index < -0.39 is 23.5 Å². The van der Waals surface area contributed by atoms with Crippen molar-refractivity contribution in [3.8, 4) is 5.75 Å². The molecule has 1 atom stereocenters. The minimum absolute atomic E-state index is 0.0620. The van der Waals surface area contributed by atoms with Gasteiger partial charge in [-0.3, -0.25) is 9.59 Å². The van der Waals surface area contributed by atoms with Crippen LogP contribution in [0.25, 0.3) is 0 Å². The number of carbonyl (C=O) groups excluding carboxylic acids is 2. The van der Waals surface area contributed by atoms with Gasteiger partial charge in [-0.15, -0.1) is 0 Å². The highest BCUT2D eigenvalue weighted by molar-refractivity contribution is 5.83. The number of hydrogen-bond acceptors (Lipinski definition) is 5. The van der Waals surface area contributed by atoms with Crippen molar-refractivity contribution in [2.24, 2.45) is 0 Å². The molecule has 1 heterocycles. The predicted molar refractivity (Wildman–Crippen MR) is 115 cm³/mol. The maximum absolute atomic E-state index is 12.7. The Bertz CT molecular complexity index is 1060. The molecule has 0 bridgehead atoms. The third-order valence-electron chi connectivity index (χ3n) is 4.55. The topological polar surface area (TPSA) is 97.5 Å². The molecule has 0 aliphatic heterocycles. The molecule has 7 heteroatoms. The zero-order valence-corrected chi connectivity index (χ0v) is 17.2. The zero-order valence-electron chi connectivity index (χ0n) is 17.2. The fourth-order valence-electron chi connectivity index (χ4n) is 3.03. The number of pyridine rings is 1. The lowest BCUT2D eigenvalue weighted by Crippen LogP contribution is -2.43. The van der Waals surface area contributed by atoms with Gasteiger partial charge in [-0.25, -0.2) is 4.79 Å². The fourth-order valence-corrected chi connectivity index (χ4v) is 3.03. The van der Waals surface area contributed by atoms with E-state index >= 15 is 0 Å². The Morgan fingerprint density at radius 2 is 1.55 bits per heavy atom. The van der Waals surface area contributed by atoms with Gasteiger partial charge in [0.15, 0.2) is 0 Å². The van der Waals surface area contributed by atoms with E-state index in [0.29, 0.717) is 5.75 Å². The Labute approximate surface area is 180 Å². The molecule has 0 saturated heterocycles. The van der Waals surface area contributed by atoms with Gasteiger partial charge in [-0.2, -0.15) is 0 Å². The first-order chi connectivity index (χ1) is 15.0. The molecule has 0 unspecified atom stereocenters. The van der Waals surface area contributed by atoms with E-state index in [9.17, 15) is 14.4 Å². The van der Waals surface area contributed by atoms with Crippen molar-refractivity contribution in [3.63, 3.8) is 0 Å². The number of aromatic nitrogens is 1. The summed E-state index contributed by atoms with van der Waals surface area (Å²) in [5.74, 6) is -0.684. The Morgan fingerprint density at radius 1 is 0.935 bits per heavy atom. The van der Waals surface area contributed by atoms with Crippen molar-refractivity contribution in [3.05, 3.63) is 100.0 Å². The molecule has 3 aromatic rings. The van der Waals surface area contributed by atoms with Gasteiger partial charge in [0, 0.05) is 19.5 Å². The summed E-state index contributed by atoms with van der Waals surface area (Å²) in [6, 6.07) is 19.3. The number of benzene rings is 2. The van der Waals surface area contributed by atoms with Crippen LogP contribution in [0.4, 0.5) is 0 Å². The van der Waals surface area contributed by atoms with E-state index in [4.69, 9.17) is 9.47 Å². The van der Waals surface area contributed by atoms with E-state index in [2.05, 4.69) is 10.3 Å². The first-order valence-corrected chi connectivity index (χ1v) is 9.88. The quantitative estimate of drug-likeness (QED) is 0.519. The average Bonchev–Trinajstić information content (AvgIpc) is 2.78. The molecule has 0 fully saturated rings. The summed E-state index contributed by atoms with van der Waals surface area (Å²) in [5.41, 5.74) is 1.63. The highest BCUT2D eigenvalue weighted by Gasteiger charge is 2.25. The van der Waals surface area contributed by atoms with Crippen LogP contribution in [0.5, 0.6) is 5.75 Å². The Morgan fingerprint density at radius 3 is 2.16 bits per heavy atom. The molecule has 0 saturated carbocycles. The van der Waals surface area contributed by atoms with E-state index in [1.54, 1.807) is 6.07 Å². The minimum atomic E-state index is -1.02. The monoisotopic (exact) mass is 420 g/mol. The summed E-state index contributed by atoms with van der Waals surface area (Å²) in [6.07, 6.45) is 1.42. The number of nitrogens with one attached hydrogen (secondary N) is 2. The van der Waals surface area contributed by atoms with Crippen molar-refractivity contribution < 1.29 is 19.1 Å². The van der Waals surface area contributed by atoms with Crippen LogP contribution in [0.1, 0.15) is 23.6 Å². The number of esters is 1. The first-order valence-electron chi connectivity index (χ1n) is 9.88. The molecule has 1 aromatic heterocycles. The summed E-state index contributed by atoms with van der Waals surface area (Å²) in [7, 11) is 0. The lowest BCUT2D eigenvalue weighted by molar-refractivity contribution is -0.149. The molecule has 1 amide bonds. The smallest absolute Gasteiger partial charge is 0.329 e. The third-order valence-corrected chi connectivity index (χ3v) is 4.55. The van der Waals surface area contributed by atoms with Crippen LogP contribution in [0.3, 0.4) is 0 Å². The normalized spacial score (nSPS) is 11.4. The molecular formula is C24H24N2O5. The number of rotatable bonds is 9. The van der Waals surface area contributed by atoms with E-state index in [-0.39, 0.29) is 25.2 Å². The van der Waals surface area contributed by atoms with Gasteiger partial charge in [0.1, 0.15) is 25.0 Å². The summed E-state index contributed by atoms with van der Waals surface area (Å²) in [5, 5.41) is 2.57. The van der Waals surface area contributed by atoms with Crippen molar-refractivity contribution in [1.82, 2.24) is 10.3 Å². The first kappa shape index (κ1) is 21.8. The van der Waals surface area contributed by atoms with Crippen molar-refractivity contribution in [1.29, 1.82) is 0 Å². The maximum Gasteiger partial charge on any atom is 0.329 e. The molecule has 160 valence electrons. The zero-order chi connectivity index (χ0) is 22.1. The van der Waals surface area contributed by atoms with Crippen LogP contribution in [0.15, 0.2) is 77.7 Å². The van der Waals surface area contributed by atoms with Gasteiger partial charge in [-0.05, 0) is 17.2 Å². The summed E-state index contributed by atoms with van der Waals surface area (Å²) in [6.45, 7) is 1.64. The highest BCUT2D eigenvalue weighted by atomic mass is 16.5. The van der Waals surface area contributed by atoms with Crippen molar-refractivity contribution in [2.45, 2.75) is 32.6 Å². The second kappa shape index (κ2) is 10.8. The van der Waals surface area contributed by atoms with Crippen LogP contribution in [-0.4, -0.2) is 22.9 Å². The van der Waals surface area contributed by atoms with Crippen LogP contribution >= 0.6 is 0 Å². The number of aromatic amines is 1. The second-order valence-corrected chi connectivity index (χ2v) is 6.97. The number of carbonyl (C=O) groups is 2. The van der Waals surface area contributed by atoms with Gasteiger partial charge >= 0.3 is 5.97 Å². The Balaban J connectivity index is 1.74. The number of amides is 1. The molecule has 0 aliphatic rings. The predicted octanol–water partition coefficient (Wildman–Crippen LogP) is 2.74. The van der Waals surface area contributed by atoms with Crippen LogP contribution < -0.4 is 15.6 Å². The lowest BCUT2D eigenvalue weighted by Gasteiger charge is -2.18. The molecule has 7 nitrogen and oxygen atoms in total. The van der Waals surface area contributed by atoms with E-state index in [1.165, 1.54) is 13.1 Å². The average molecular weight is 420 g/mol. The lowest BCUT2D eigenvalue weighted by atomic mass is 10.1. The van der Waals surface area contributed by atoms with E-state index in [0.717, 1.165) is 11.1 Å². The maximum atomic E-state index is 12.7. The van der Waals surface area contributed by atoms with Crippen LogP contribution in [0.2, 0.25) is 0 Å². The van der Waals surface area contributed by atoms with Crippen LogP contribution in [0, 0.1) is 0 Å². The van der Waals surface area contributed by atoms with Gasteiger partial charge in [0.2, 0.25) is 5.91 Å². The van der Waals surface area contributed by atoms with E-state index in [1.807, 2.05) is 60.7 Å². The van der Waals surface area contributed by atoms with Gasteiger partial charge in [0.05, 0.1) is 5.56 Å². The van der Waals surface area contributed by atoms with Crippen LogP contribution in [-0.2, 0) is 34.0 Å². The molecule has 0 spiro atoms. The molecule has 0 aliphatic carbocycles. The largest absolute Gasteiger partial charge is 0.488 e. The Kier molecular flexibility index (Phi) is 7.59. The number of H-pyrrole nitrogens is 1. The summed E-state index contributed by atoms with van der Waals surface area (Å²) < 4.78 is 11.2. The summed E-state index contributed by atoms with van der Waals surface area (Å²) in [4.78, 5) is 39.4. The van der Waals surface area contributed by atoms with Crippen molar-refractivity contribution >= 4 is 11.9 Å². The molecule has 3 rings (SSSR count). The third kappa shape index (κ3) is 6.57. The molecule has 2 aromatic carbocycles. The fraction of sp³-hybridized carbons (Fsp3) is 0.208. The van der Waals surface area contributed by atoms with Gasteiger partial charge in [0.25, 0.3) is 5.56 Å². The molecule has 2 N–H and O–H groups in total. The minimum Gasteiger partial charge on any atom is -0.488 e. The SMILES string of the molecule is CC(=O)N[C@@H](Cc1c(OCc2ccccc2)cc[nH]c1=O)C(=O)OCc1ccccc1. The van der Waals surface area contributed by atoms with Gasteiger partial charge < -0.3 is 19.8 Å². The van der Waals surface area contributed by atoms with Gasteiger partial charge in [-0.1, -0.05) is 60.7 Å².